The molecular weight excluding hydrogens is 272 g/mol. The maximum absolute atomic E-state index is 11.5. The average molecular weight is 294 g/mol. The number of ether oxygens (including phenoxy) is 2. The van der Waals surface area contributed by atoms with E-state index in [2.05, 4.69) is 10.6 Å². The molecule has 0 bridgehead atoms. The van der Waals surface area contributed by atoms with E-state index in [4.69, 9.17) is 9.47 Å². The third-order valence-corrected chi connectivity index (χ3v) is 2.73. The summed E-state index contributed by atoms with van der Waals surface area (Å²) in [7, 11) is 0. The maximum atomic E-state index is 11.5. The zero-order valence-corrected chi connectivity index (χ0v) is 12.5. The number of carbonyl (C=O) groups excluding carboxylic acids is 2. The fourth-order valence-electron chi connectivity index (χ4n) is 1.69. The summed E-state index contributed by atoms with van der Waals surface area (Å²) in [5.41, 5.74) is 1.09. The number of hydrogen-bond acceptors (Lipinski definition) is 4. The van der Waals surface area contributed by atoms with Crippen LogP contribution in [0.3, 0.4) is 0 Å². The minimum absolute atomic E-state index is 0.0717. The van der Waals surface area contributed by atoms with Gasteiger partial charge in [0.25, 0.3) is 0 Å². The van der Waals surface area contributed by atoms with Crippen LogP contribution in [0.1, 0.15) is 25.8 Å². The van der Waals surface area contributed by atoms with E-state index < -0.39 is 0 Å². The molecule has 0 aliphatic carbocycles. The van der Waals surface area contributed by atoms with E-state index in [0.717, 1.165) is 17.7 Å². The minimum atomic E-state index is -0.381. The molecule has 0 unspecified atom stereocenters. The van der Waals surface area contributed by atoms with Crippen molar-refractivity contribution in [3.8, 4) is 5.75 Å². The first-order valence-electron chi connectivity index (χ1n) is 7.05. The number of aryl methyl sites for hydroxylation is 1. The third kappa shape index (κ3) is 6.65. The molecule has 6 heteroatoms. The standard InChI is InChI=1S/C15H22N2O4/c1-3-12-7-5-6-8-13(12)21-11-17-15(19)16-10-9-14(18)20-4-2/h5-8H,3-4,9-11H2,1-2H3,(H2,16,17,19). The highest BCUT2D eigenvalue weighted by Gasteiger charge is 2.05. The molecule has 1 aromatic carbocycles. The number of nitrogens with one attached hydrogen (secondary N) is 2. The molecule has 21 heavy (non-hydrogen) atoms. The number of rotatable bonds is 8. The quantitative estimate of drug-likeness (QED) is 0.566. The largest absolute Gasteiger partial charge is 0.473 e. The summed E-state index contributed by atoms with van der Waals surface area (Å²) >= 11 is 0. The van der Waals surface area contributed by atoms with E-state index in [1.807, 2.05) is 31.2 Å². The number of carbonyl (C=O) groups is 2. The molecule has 116 valence electrons. The molecular formula is C15H22N2O4. The van der Waals surface area contributed by atoms with Crippen LogP contribution in [0.25, 0.3) is 0 Å². The molecule has 1 aromatic rings. The first-order chi connectivity index (χ1) is 10.2. The van der Waals surface area contributed by atoms with E-state index in [9.17, 15) is 9.59 Å². The molecule has 0 aromatic heterocycles. The Balaban J connectivity index is 2.20. The molecule has 0 aliphatic rings. The van der Waals surface area contributed by atoms with Crippen LogP contribution in [0.15, 0.2) is 24.3 Å². The molecule has 1 rings (SSSR count). The predicted molar refractivity (Wildman–Crippen MR) is 79.1 cm³/mol. The van der Waals surface area contributed by atoms with Crippen LogP contribution in [0.4, 0.5) is 4.79 Å². The van der Waals surface area contributed by atoms with Crippen LogP contribution in [0.2, 0.25) is 0 Å². The minimum Gasteiger partial charge on any atom is -0.473 e. The van der Waals surface area contributed by atoms with Crippen LogP contribution < -0.4 is 15.4 Å². The lowest BCUT2D eigenvalue weighted by molar-refractivity contribution is -0.142. The van der Waals surface area contributed by atoms with Gasteiger partial charge in [0, 0.05) is 6.54 Å². The maximum Gasteiger partial charge on any atom is 0.317 e. The normalized spacial score (nSPS) is 9.81. The lowest BCUT2D eigenvalue weighted by Crippen LogP contribution is -2.38. The molecule has 2 N–H and O–H groups in total. The fraction of sp³-hybridized carbons (Fsp3) is 0.467. The molecule has 2 amide bonds. The van der Waals surface area contributed by atoms with E-state index in [1.165, 1.54) is 0 Å². The van der Waals surface area contributed by atoms with Gasteiger partial charge in [0.1, 0.15) is 5.75 Å². The van der Waals surface area contributed by atoms with E-state index in [1.54, 1.807) is 6.92 Å². The first-order valence-corrected chi connectivity index (χ1v) is 7.05. The van der Waals surface area contributed by atoms with E-state index >= 15 is 0 Å². The molecule has 0 spiro atoms. The van der Waals surface area contributed by atoms with Crippen LogP contribution in [0, 0.1) is 0 Å². The number of urea groups is 1. The van der Waals surface area contributed by atoms with Crippen molar-refractivity contribution in [3.63, 3.8) is 0 Å². The Labute approximate surface area is 124 Å². The van der Waals surface area contributed by atoms with Gasteiger partial charge in [-0.1, -0.05) is 25.1 Å². The summed E-state index contributed by atoms with van der Waals surface area (Å²) in [5.74, 6) is 0.428. The third-order valence-electron chi connectivity index (χ3n) is 2.73. The highest BCUT2D eigenvalue weighted by atomic mass is 16.5. The summed E-state index contributed by atoms with van der Waals surface area (Å²) in [6.07, 6.45) is 1.02. The van der Waals surface area contributed by atoms with Gasteiger partial charge in [0.2, 0.25) is 0 Å². The zero-order chi connectivity index (χ0) is 15.5. The second-order valence-corrected chi connectivity index (χ2v) is 4.24. The van der Waals surface area contributed by atoms with E-state index in [0.29, 0.717) is 6.61 Å². The van der Waals surface area contributed by atoms with Crippen molar-refractivity contribution < 1.29 is 19.1 Å². The highest BCUT2D eigenvalue weighted by Crippen LogP contribution is 2.17. The lowest BCUT2D eigenvalue weighted by atomic mass is 10.1. The Bertz CT molecular complexity index is 463. The summed E-state index contributed by atoms with van der Waals surface area (Å²) in [4.78, 5) is 22.5. The number of esters is 1. The van der Waals surface area contributed by atoms with Gasteiger partial charge in [0.05, 0.1) is 13.0 Å². The summed E-state index contributed by atoms with van der Waals surface area (Å²) in [6.45, 7) is 4.43. The van der Waals surface area contributed by atoms with Gasteiger partial charge in [0.15, 0.2) is 6.73 Å². The molecule has 0 heterocycles. The van der Waals surface area contributed by atoms with Crippen molar-refractivity contribution in [2.75, 3.05) is 19.9 Å². The Morgan fingerprint density at radius 3 is 2.62 bits per heavy atom. The Morgan fingerprint density at radius 1 is 1.14 bits per heavy atom. The second kappa shape index (κ2) is 9.63. The van der Waals surface area contributed by atoms with Crippen LogP contribution in [0.5, 0.6) is 5.75 Å². The van der Waals surface area contributed by atoms with Gasteiger partial charge in [-0.25, -0.2) is 4.79 Å². The number of para-hydroxylation sites is 1. The number of benzene rings is 1. The Hall–Kier alpha value is -2.24. The van der Waals surface area contributed by atoms with Gasteiger partial charge in [-0.3, -0.25) is 4.79 Å². The SMILES string of the molecule is CCOC(=O)CCNC(=O)NCOc1ccccc1CC. The van der Waals surface area contributed by atoms with Crippen LogP contribution in [-0.4, -0.2) is 31.9 Å². The summed E-state index contributed by atoms with van der Waals surface area (Å²) in [5, 5.41) is 5.12. The Kier molecular flexibility index (Phi) is 7.71. The highest BCUT2D eigenvalue weighted by molar-refractivity contribution is 5.75. The smallest absolute Gasteiger partial charge is 0.317 e. The number of hydrogen-bond donors (Lipinski definition) is 2. The van der Waals surface area contributed by atoms with Crippen molar-refractivity contribution in [2.24, 2.45) is 0 Å². The van der Waals surface area contributed by atoms with Crippen molar-refractivity contribution in [3.05, 3.63) is 29.8 Å². The van der Waals surface area contributed by atoms with Crippen molar-refractivity contribution in [2.45, 2.75) is 26.7 Å². The predicted octanol–water partition coefficient (Wildman–Crippen LogP) is 1.84. The Morgan fingerprint density at radius 2 is 1.90 bits per heavy atom. The van der Waals surface area contributed by atoms with Crippen LogP contribution >= 0.6 is 0 Å². The van der Waals surface area contributed by atoms with Gasteiger partial charge in [-0.2, -0.15) is 0 Å². The summed E-state index contributed by atoms with van der Waals surface area (Å²) in [6, 6.07) is 7.29. The van der Waals surface area contributed by atoms with Gasteiger partial charge in [-0.05, 0) is 25.0 Å². The average Bonchev–Trinajstić information content (AvgIpc) is 2.48. The topological polar surface area (TPSA) is 76.7 Å². The van der Waals surface area contributed by atoms with Gasteiger partial charge in [-0.15, -0.1) is 0 Å². The fourth-order valence-corrected chi connectivity index (χ4v) is 1.69. The van der Waals surface area contributed by atoms with Crippen molar-refractivity contribution >= 4 is 12.0 Å². The molecule has 0 fully saturated rings. The first kappa shape index (κ1) is 16.8. The molecule has 0 atom stereocenters. The lowest BCUT2D eigenvalue weighted by Gasteiger charge is -2.11. The molecule has 6 nitrogen and oxygen atoms in total. The molecule has 0 saturated carbocycles. The summed E-state index contributed by atoms with van der Waals surface area (Å²) < 4.78 is 10.3. The van der Waals surface area contributed by atoms with Gasteiger partial charge < -0.3 is 20.1 Å². The molecule has 0 saturated heterocycles. The zero-order valence-electron chi connectivity index (χ0n) is 12.5. The number of amides is 2. The van der Waals surface area contributed by atoms with E-state index in [-0.39, 0.29) is 31.7 Å². The molecule has 0 radical (unpaired) electrons. The van der Waals surface area contributed by atoms with Crippen molar-refractivity contribution in [1.82, 2.24) is 10.6 Å². The second-order valence-electron chi connectivity index (χ2n) is 4.24. The molecule has 0 aliphatic heterocycles. The van der Waals surface area contributed by atoms with Crippen molar-refractivity contribution in [1.29, 1.82) is 0 Å². The monoisotopic (exact) mass is 294 g/mol. The van der Waals surface area contributed by atoms with Crippen LogP contribution in [-0.2, 0) is 16.0 Å². The van der Waals surface area contributed by atoms with Gasteiger partial charge >= 0.3 is 12.0 Å².